The smallest absolute Gasteiger partial charge is 0.335 e. The van der Waals surface area contributed by atoms with Crippen LogP contribution in [0.1, 0.15) is 23.7 Å². The van der Waals surface area contributed by atoms with Crippen molar-refractivity contribution in [3.05, 3.63) is 46.0 Å². The van der Waals surface area contributed by atoms with Crippen LogP contribution in [-0.4, -0.2) is 22.5 Å². The molecular weight excluding hydrogens is 236 g/mol. The lowest BCUT2D eigenvalue weighted by atomic mass is 10.1. The van der Waals surface area contributed by atoms with E-state index in [2.05, 4.69) is 5.32 Å². The normalized spacial score (nSPS) is 10.5. The molecule has 18 heavy (non-hydrogen) atoms. The van der Waals surface area contributed by atoms with Crippen LogP contribution in [-0.2, 0) is 0 Å². The number of nitro groups is 1. The minimum absolute atomic E-state index is 0.0223. The summed E-state index contributed by atoms with van der Waals surface area (Å²) in [4.78, 5) is 21.1. The number of carbonyl (C=O) groups is 1. The van der Waals surface area contributed by atoms with Gasteiger partial charge in [0.1, 0.15) is 5.69 Å². The molecule has 6 heteroatoms. The Bertz CT molecular complexity index is 483. The van der Waals surface area contributed by atoms with Crippen LogP contribution in [0, 0.1) is 10.1 Å². The summed E-state index contributed by atoms with van der Waals surface area (Å²) < 4.78 is 0. The lowest BCUT2D eigenvalue weighted by Crippen LogP contribution is -2.06. The molecule has 0 saturated carbocycles. The average Bonchev–Trinajstić information content (AvgIpc) is 2.34. The molecule has 0 aliphatic rings. The van der Waals surface area contributed by atoms with E-state index < -0.39 is 10.9 Å². The van der Waals surface area contributed by atoms with Crippen LogP contribution in [0.3, 0.4) is 0 Å². The Morgan fingerprint density at radius 3 is 2.83 bits per heavy atom. The first kappa shape index (κ1) is 13.7. The van der Waals surface area contributed by atoms with Crippen LogP contribution in [0.2, 0.25) is 0 Å². The lowest BCUT2D eigenvalue weighted by molar-refractivity contribution is -0.384. The quantitative estimate of drug-likeness (QED) is 0.350. The number of nitro benzene ring substituents is 1. The Balaban J connectivity index is 2.93. The fraction of sp³-hybridized carbons (Fsp3) is 0.250. The van der Waals surface area contributed by atoms with E-state index in [1.807, 2.05) is 19.1 Å². The van der Waals surface area contributed by atoms with Crippen LogP contribution in [0.4, 0.5) is 11.4 Å². The standard InChI is InChI=1S/C12H14N2O4/c1-2-3-4-7-13-10-8-9(12(15)16)5-6-11(10)14(17)18/h2-3,5-6,8,13H,4,7H2,1H3,(H,15,16)/b3-2+. The van der Waals surface area contributed by atoms with E-state index in [-0.39, 0.29) is 16.9 Å². The van der Waals surface area contributed by atoms with E-state index in [4.69, 9.17) is 5.11 Å². The maximum Gasteiger partial charge on any atom is 0.335 e. The number of carboxylic acid groups (broad SMARTS) is 1. The Hall–Kier alpha value is -2.37. The lowest BCUT2D eigenvalue weighted by Gasteiger charge is -2.06. The Morgan fingerprint density at radius 1 is 1.56 bits per heavy atom. The van der Waals surface area contributed by atoms with Crippen LogP contribution in [0.25, 0.3) is 0 Å². The third-order valence-corrected chi connectivity index (χ3v) is 2.30. The second-order valence-electron chi connectivity index (χ2n) is 3.58. The second-order valence-corrected chi connectivity index (χ2v) is 3.58. The van der Waals surface area contributed by atoms with Gasteiger partial charge in [-0.1, -0.05) is 12.2 Å². The molecule has 0 fully saturated rings. The first-order chi connectivity index (χ1) is 8.56. The molecule has 6 nitrogen and oxygen atoms in total. The van der Waals surface area contributed by atoms with Crippen molar-refractivity contribution in [3.8, 4) is 0 Å². The van der Waals surface area contributed by atoms with Crippen molar-refractivity contribution in [1.29, 1.82) is 0 Å². The van der Waals surface area contributed by atoms with Crippen LogP contribution in [0.15, 0.2) is 30.4 Å². The predicted molar refractivity (Wildman–Crippen MR) is 68.0 cm³/mol. The van der Waals surface area contributed by atoms with Crippen molar-refractivity contribution in [2.45, 2.75) is 13.3 Å². The summed E-state index contributed by atoms with van der Waals surface area (Å²) in [6, 6.07) is 3.69. The molecule has 0 spiro atoms. The highest BCUT2D eigenvalue weighted by atomic mass is 16.6. The third kappa shape index (κ3) is 3.58. The number of aromatic carboxylic acids is 1. The molecule has 0 aliphatic heterocycles. The van der Waals surface area contributed by atoms with Crippen LogP contribution < -0.4 is 5.32 Å². The molecule has 0 atom stereocenters. The minimum atomic E-state index is -1.11. The molecule has 0 aliphatic carbocycles. The molecule has 0 saturated heterocycles. The number of allylic oxidation sites excluding steroid dienone is 1. The molecule has 0 radical (unpaired) electrons. The number of carboxylic acids is 1. The summed E-state index contributed by atoms with van der Waals surface area (Å²) in [5.41, 5.74) is 0.124. The summed E-state index contributed by atoms with van der Waals surface area (Å²) in [7, 11) is 0. The van der Waals surface area contributed by atoms with Gasteiger partial charge in [-0.2, -0.15) is 0 Å². The van der Waals surface area contributed by atoms with Crippen LogP contribution in [0.5, 0.6) is 0 Å². The fourth-order valence-electron chi connectivity index (χ4n) is 1.43. The topological polar surface area (TPSA) is 92.5 Å². The van der Waals surface area contributed by atoms with E-state index in [1.165, 1.54) is 18.2 Å². The van der Waals surface area contributed by atoms with Crippen molar-refractivity contribution in [2.75, 3.05) is 11.9 Å². The van der Waals surface area contributed by atoms with E-state index in [0.29, 0.717) is 13.0 Å². The van der Waals surface area contributed by atoms with Gasteiger partial charge in [-0.05, 0) is 25.5 Å². The molecule has 96 valence electrons. The highest BCUT2D eigenvalue weighted by molar-refractivity contribution is 5.90. The summed E-state index contributed by atoms with van der Waals surface area (Å²) in [5, 5.41) is 22.5. The highest BCUT2D eigenvalue weighted by Gasteiger charge is 2.15. The van der Waals surface area contributed by atoms with Gasteiger partial charge in [-0.3, -0.25) is 10.1 Å². The van der Waals surface area contributed by atoms with Gasteiger partial charge in [0.05, 0.1) is 10.5 Å². The van der Waals surface area contributed by atoms with Gasteiger partial charge in [-0.25, -0.2) is 4.79 Å². The molecule has 0 aromatic heterocycles. The number of rotatable bonds is 6. The summed E-state index contributed by atoms with van der Waals surface area (Å²) >= 11 is 0. The zero-order chi connectivity index (χ0) is 13.5. The predicted octanol–water partition coefficient (Wildman–Crippen LogP) is 2.67. The molecule has 1 aromatic carbocycles. The van der Waals surface area contributed by atoms with Gasteiger partial charge in [-0.15, -0.1) is 0 Å². The first-order valence-electron chi connectivity index (χ1n) is 5.43. The van der Waals surface area contributed by atoms with E-state index >= 15 is 0 Å². The molecule has 0 bridgehead atoms. The van der Waals surface area contributed by atoms with E-state index in [1.54, 1.807) is 0 Å². The Morgan fingerprint density at radius 2 is 2.28 bits per heavy atom. The van der Waals surface area contributed by atoms with Gasteiger partial charge in [0.2, 0.25) is 0 Å². The zero-order valence-corrected chi connectivity index (χ0v) is 9.92. The van der Waals surface area contributed by atoms with Gasteiger partial charge in [0.15, 0.2) is 0 Å². The van der Waals surface area contributed by atoms with Crippen molar-refractivity contribution in [2.24, 2.45) is 0 Å². The van der Waals surface area contributed by atoms with Gasteiger partial charge in [0.25, 0.3) is 5.69 Å². The third-order valence-electron chi connectivity index (χ3n) is 2.30. The summed E-state index contributed by atoms with van der Waals surface area (Å²) in [6.45, 7) is 2.39. The van der Waals surface area contributed by atoms with Crippen molar-refractivity contribution in [3.63, 3.8) is 0 Å². The maximum atomic E-state index is 10.8. The van der Waals surface area contributed by atoms with Crippen molar-refractivity contribution >= 4 is 17.3 Å². The van der Waals surface area contributed by atoms with Crippen molar-refractivity contribution < 1.29 is 14.8 Å². The molecule has 0 amide bonds. The molecule has 1 rings (SSSR count). The number of hydrogen-bond acceptors (Lipinski definition) is 4. The largest absolute Gasteiger partial charge is 0.478 e. The highest BCUT2D eigenvalue weighted by Crippen LogP contribution is 2.25. The number of anilines is 1. The zero-order valence-electron chi connectivity index (χ0n) is 9.92. The Labute approximate surface area is 104 Å². The average molecular weight is 250 g/mol. The molecule has 2 N–H and O–H groups in total. The monoisotopic (exact) mass is 250 g/mol. The summed E-state index contributed by atoms with van der Waals surface area (Å²) in [6.07, 6.45) is 4.51. The van der Waals surface area contributed by atoms with Crippen molar-refractivity contribution in [1.82, 2.24) is 0 Å². The maximum absolute atomic E-state index is 10.8. The number of hydrogen-bond donors (Lipinski definition) is 2. The fourth-order valence-corrected chi connectivity index (χ4v) is 1.43. The molecular formula is C12H14N2O4. The Kier molecular flexibility index (Phi) is 4.86. The first-order valence-corrected chi connectivity index (χ1v) is 5.43. The summed E-state index contributed by atoms with van der Waals surface area (Å²) in [5.74, 6) is -1.11. The molecule has 0 unspecified atom stereocenters. The van der Waals surface area contributed by atoms with Crippen LogP contribution >= 0.6 is 0 Å². The molecule has 0 heterocycles. The van der Waals surface area contributed by atoms with Gasteiger partial charge >= 0.3 is 5.97 Å². The number of nitrogens with zero attached hydrogens (tertiary/aromatic N) is 1. The van der Waals surface area contributed by atoms with Gasteiger partial charge in [0, 0.05) is 12.6 Å². The van der Waals surface area contributed by atoms with Gasteiger partial charge < -0.3 is 10.4 Å². The van der Waals surface area contributed by atoms with E-state index in [0.717, 1.165) is 0 Å². The molecule has 1 aromatic rings. The SMILES string of the molecule is C/C=C/CCNc1cc(C(=O)O)ccc1[N+](=O)[O-]. The number of benzene rings is 1. The van der Waals surface area contributed by atoms with E-state index in [9.17, 15) is 14.9 Å². The second kappa shape index (κ2) is 6.39. The number of nitrogens with one attached hydrogen (secondary N) is 1. The minimum Gasteiger partial charge on any atom is -0.478 e.